The van der Waals surface area contributed by atoms with Gasteiger partial charge in [-0.3, -0.25) is 19.2 Å². The Balaban J connectivity index is 1.11. The van der Waals surface area contributed by atoms with Gasteiger partial charge in [0.25, 0.3) is 0 Å². The number of nitrogens with one attached hydrogen (secondary N) is 2. The van der Waals surface area contributed by atoms with E-state index in [0.717, 1.165) is 11.0 Å². The summed E-state index contributed by atoms with van der Waals surface area (Å²) in [5.74, 6) is -0.362. The molecule has 2 amide bonds. The lowest BCUT2D eigenvalue weighted by molar-refractivity contribution is -0.118. The molecule has 6 aromatic rings. The number of aromatic nitrogens is 2. The summed E-state index contributed by atoms with van der Waals surface area (Å²) in [5, 5.41) is 8.28. The van der Waals surface area contributed by atoms with Gasteiger partial charge >= 0.3 is 0 Å². The number of fused-ring (bicyclic) bond motifs is 4. The quantitative estimate of drug-likeness (QED) is 0.190. The number of aryl methyl sites for hydroxylation is 2. The van der Waals surface area contributed by atoms with Crippen LogP contribution in [-0.2, 0) is 23.7 Å². The second-order valence-electron chi connectivity index (χ2n) is 10.5. The van der Waals surface area contributed by atoms with Gasteiger partial charge in [-0.1, -0.05) is 36.4 Å². The zero-order chi connectivity index (χ0) is 29.4. The molecule has 42 heavy (non-hydrogen) atoms. The molecule has 0 aliphatic rings. The molecule has 0 aliphatic heterocycles. The van der Waals surface area contributed by atoms with Crippen LogP contribution in [0.4, 0.5) is 11.4 Å². The maximum Gasteiger partial charge on any atom is 0.224 e. The number of benzene rings is 4. The molecule has 0 atom stereocenters. The molecule has 0 fully saturated rings. The Morgan fingerprint density at radius 1 is 0.548 bits per heavy atom. The van der Waals surface area contributed by atoms with E-state index in [1.807, 2.05) is 71.8 Å². The first kappa shape index (κ1) is 27.0. The number of hydrogen-bond donors (Lipinski definition) is 2. The van der Waals surface area contributed by atoms with Crippen molar-refractivity contribution in [2.24, 2.45) is 14.1 Å². The molecule has 2 heterocycles. The summed E-state index contributed by atoms with van der Waals surface area (Å²) in [6.07, 6.45) is 1.51. The molecule has 2 N–H and O–H groups in total. The van der Waals surface area contributed by atoms with Gasteiger partial charge in [0, 0.05) is 48.5 Å². The van der Waals surface area contributed by atoms with Gasteiger partial charge in [0.1, 0.15) is 0 Å². The molecular weight excluding hydrogens is 528 g/mol. The first-order valence-electron chi connectivity index (χ1n) is 14.0. The van der Waals surface area contributed by atoms with Crippen molar-refractivity contribution < 1.29 is 9.59 Å². The van der Waals surface area contributed by atoms with Gasteiger partial charge in [-0.15, -0.1) is 0 Å². The SMILES string of the molecule is Cn1c2ccccc2c(=O)c2cccc(NC(=O)CCCCC(=O)Nc3cccc4c(=O)c5ccccc5n(C)c34)c21. The highest BCUT2D eigenvalue weighted by molar-refractivity contribution is 6.05. The highest BCUT2D eigenvalue weighted by Crippen LogP contribution is 2.26. The molecular formula is C34H30N4O4. The highest BCUT2D eigenvalue weighted by Gasteiger charge is 2.15. The zero-order valence-electron chi connectivity index (χ0n) is 23.4. The van der Waals surface area contributed by atoms with Gasteiger partial charge in [-0.05, 0) is 61.4 Å². The van der Waals surface area contributed by atoms with Crippen LogP contribution in [0.15, 0.2) is 94.5 Å². The fraction of sp³-hybridized carbons (Fsp3) is 0.176. The largest absolute Gasteiger partial charge is 0.342 e. The fourth-order valence-electron chi connectivity index (χ4n) is 5.82. The van der Waals surface area contributed by atoms with Crippen molar-refractivity contribution in [1.29, 1.82) is 0 Å². The van der Waals surface area contributed by atoms with Crippen LogP contribution in [0.2, 0.25) is 0 Å². The van der Waals surface area contributed by atoms with Crippen molar-refractivity contribution in [2.45, 2.75) is 25.7 Å². The van der Waals surface area contributed by atoms with Crippen LogP contribution in [0.25, 0.3) is 43.6 Å². The van der Waals surface area contributed by atoms with Crippen molar-refractivity contribution in [3.63, 3.8) is 0 Å². The second-order valence-corrected chi connectivity index (χ2v) is 10.5. The molecule has 0 spiro atoms. The molecule has 210 valence electrons. The van der Waals surface area contributed by atoms with Crippen molar-refractivity contribution in [1.82, 2.24) is 9.13 Å². The minimum Gasteiger partial charge on any atom is -0.342 e. The number of para-hydroxylation sites is 4. The Bertz CT molecular complexity index is 2010. The number of amides is 2. The summed E-state index contributed by atoms with van der Waals surface area (Å²) in [7, 11) is 3.77. The summed E-state index contributed by atoms with van der Waals surface area (Å²) in [5.41, 5.74) is 3.95. The van der Waals surface area contributed by atoms with Crippen molar-refractivity contribution >= 4 is 66.8 Å². The van der Waals surface area contributed by atoms with Gasteiger partial charge in [-0.25, -0.2) is 0 Å². The van der Waals surface area contributed by atoms with Crippen LogP contribution in [0.1, 0.15) is 25.7 Å². The van der Waals surface area contributed by atoms with E-state index in [9.17, 15) is 19.2 Å². The normalized spacial score (nSPS) is 11.4. The predicted molar refractivity (Wildman–Crippen MR) is 169 cm³/mol. The van der Waals surface area contributed by atoms with Crippen LogP contribution >= 0.6 is 0 Å². The predicted octanol–water partition coefficient (Wildman–Crippen LogP) is 5.83. The third kappa shape index (κ3) is 4.71. The van der Waals surface area contributed by atoms with Crippen LogP contribution in [0.5, 0.6) is 0 Å². The number of rotatable bonds is 7. The molecule has 8 heteroatoms. The van der Waals surface area contributed by atoms with E-state index in [1.165, 1.54) is 0 Å². The number of carbonyl (C=O) groups is 2. The third-order valence-electron chi connectivity index (χ3n) is 7.86. The lowest BCUT2D eigenvalue weighted by Crippen LogP contribution is -2.16. The van der Waals surface area contributed by atoms with Crippen LogP contribution < -0.4 is 21.5 Å². The number of anilines is 2. The summed E-state index contributed by atoms with van der Waals surface area (Å²) in [6.45, 7) is 0. The molecule has 0 aliphatic carbocycles. The molecule has 6 rings (SSSR count). The smallest absolute Gasteiger partial charge is 0.224 e. The van der Waals surface area contributed by atoms with E-state index < -0.39 is 0 Å². The fourth-order valence-corrected chi connectivity index (χ4v) is 5.82. The number of unbranched alkanes of at least 4 members (excludes halogenated alkanes) is 1. The number of hydrogen-bond acceptors (Lipinski definition) is 4. The number of pyridine rings is 2. The first-order valence-corrected chi connectivity index (χ1v) is 14.0. The van der Waals surface area contributed by atoms with E-state index in [-0.39, 0.29) is 35.5 Å². The summed E-state index contributed by atoms with van der Waals surface area (Å²) in [6, 6.07) is 25.5. The van der Waals surface area contributed by atoms with E-state index in [4.69, 9.17) is 0 Å². The third-order valence-corrected chi connectivity index (χ3v) is 7.86. The van der Waals surface area contributed by atoms with Crippen LogP contribution in [0.3, 0.4) is 0 Å². The minimum absolute atomic E-state index is 0.0692. The lowest BCUT2D eigenvalue weighted by atomic mass is 10.1. The molecule has 8 nitrogen and oxygen atoms in total. The Morgan fingerprint density at radius 3 is 1.36 bits per heavy atom. The van der Waals surface area contributed by atoms with E-state index in [2.05, 4.69) is 10.6 Å². The number of carbonyl (C=O) groups excluding carboxylic acids is 2. The van der Waals surface area contributed by atoms with Crippen molar-refractivity contribution in [3.05, 3.63) is 105 Å². The molecule has 2 aromatic heterocycles. The lowest BCUT2D eigenvalue weighted by Gasteiger charge is -2.15. The van der Waals surface area contributed by atoms with E-state index in [1.54, 1.807) is 36.4 Å². The van der Waals surface area contributed by atoms with E-state index >= 15 is 0 Å². The average molecular weight is 559 g/mol. The highest BCUT2D eigenvalue weighted by atomic mass is 16.2. The van der Waals surface area contributed by atoms with Gasteiger partial charge in [-0.2, -0.15) is 0 Å². The Kier molecular flexibility index (Phi) is 7.04. The zero-order valence-corrected chi connectivity index (χ0v) is 23.4. The Hall–Kier alpha value is -5.24. The number of nitrogens with zero attached hydrogens (tertiary/aromatic N) is 2. The standard InChI is InChI=1S/C34H30N4O4/c1-37-27-17-5-3-11-21(27)33(41)23-13-9-15-25(31(23)37)35-29(39)19-7-8-20-30(40)36-26-16-10-14-24-32(26)38(2)28-18-6-4-12-22(28)34(24)42/h3-6,9-18H,7-8,19-20H2,1-2H3,(H,35,39)(H,36,40). The van der Waals surface area contributed by atoms with E-state index in [0.29, 0.717) is 56.8 Å². The molecule has 0 unspecified atom stereocenters. The van der Waals surface area contributed by atoms with Gasteiger partial charge in [0.15, 0.2) is 10.9 Å². The second kappa shape index (κ2) is 11.0. The summed E-state index contributed by atoms with van der Waals surface area (Å²) >= 11 is 0. The van der Waals surface area contributed by atoms with Crippen LogP contribution in [-0.4, -0.2) is 20.9 Å². The maximum absolute atomic E-state index is 13.1. The van der Waals surface area contributed by atoms with Gasteiger partial charge in [0.2, 0.25) is 11.8 Å². The molecule has 0 radical (unpaired) electrons. The maximum atomic E-state index is 13.1. The van der Waals surface area contributed by atoms with Crippen molar-refractivity contribution in [2.75, 3.05) is 10.6 Å². The first-order chi connectivity index (χ1) is 20.3. The monoisotopic (exact) mass is 558 g/mol. The summed E-state index contributed by atoms with van der Waals surface area (Å²) in [4.78, 5) is 51.8. The average Bonchev–Trinajstić information content (AvgIpc) is 3.00. The molecule has 0 saturated heterocycles. The van der Waals surface area contributed by atoms with Crippen LogP contribution in [0, 0.1) is 0 Å². The molecule has 0 bridgehead atoms. The van der Waals surface area contributed by atoms with Gasteiger partial charge in [0.05, 0.1) is 33.4 Å². The Morgan fingerprint density at radius 2 is 0.929 bits per heavy atom. The van der Waals surface area contributed by atoms with Crippen molar-refractivity contribution in [3.8, 4) is 0 Å². The molecule has 0 saturated carbocycles. The minimum atomic E-state index is -0.181. The Labute approximate surface area is 241 Å². The van der Waals surface area contributed by atoms with Gasteiger partial charge < -0.3 is 19.8 Å². The topological polar surface area (TPSA) is 102 Å². The molecule has 4 aromatic carbocycles. The summed E-state index contributed by atoms with van der Waals surface area (Å²) < 4.78 is 3.86.